The molecule has 2 aromatic carbocycles. The lowest BCUT2D eigenvalue weighted by Gasteiger charge is -2.31. The molecular weight excluding hydrogens is 383 g/mol. The van der Waals surface area contributed by atoms with Gasteiger partial charge < -0.3 is 14.4 Å². The monoisotopic (exact) mass is 409 g/mol. The molecule has 0 spiro atoms. The van der Waals surface area contributed by atoms with Gasteiger partial charge in [0.15, 0.2) is 0 Å². The largest absolute Gasteiger partial charge is 0.497 e. The standard InChI is InChI=1S/C20H25FN2O4S/c1-26-17-7-9-18(10-8-17)27-16-4-11-22-12-14-23(15-13-22)28(24,25)20-6-3-2-5-19(20)21/h2-3,5-10H,4,11-16H2,1H3/p+1. The van der Waals surface area contributed by atoms with E-state index in [4.69, 9.17) is 9.47 Å². The van der Waals surface area contributed by atoms with E-state index in [0.717, 1.165) is 24.5 Å². The van der Waals surface area contributed by atoms with Crippen LogP contribution < -0.4 is 14.4 Å². The molecule has 0 bridgehead atoms. The van der Waals surface area contributed by atoms with Crippen LogP contribution in [0.3, 0.4) is 0 Å². The smallest absolute Gasteiger partial charge is 0.246 e. The number of nitrogens with one attached hydrogen (secondary N) is 1. The summed E-state index contributed by atoms with van der Waals surface area (Å²) in [4.78, 5) is 1.09. The summed E-state index contributed by atoms with van der Waals surface area (Å²) in [5.74, 6) is 0.893. The molecule has 0 aromatic heterocycles. The quantitative estimate of drug-likeness (QED) is 0.666. The third kappa shape index (κ3) is 5.01. The molecule has 0 aliphatic carbocycles. The van der Waals surface area contributed by atoms with Crippen molar-refractivity contribution in [1.82, 2.24) is 4.31 Å². The van der Waals surface area contributed by atoms with Crippen LogP contribution in [0.2, 0.25) is 0 Å². The van der Waals surface area contributed by atoms with Crippen LogP contribution in [-0.4, -0.2) is 59.2 Å². The molecule has 1 N–H and O–H groups in total. The number of ether oxygens (including phenoxy) is 2. The molecule has 0 amide bonds. The Morgan fingerprint density at radius 2 is 1.68 bits per heavy atom. The molecule has 1 aliphatic heterocycles. The van der Waals surface area contributed by atoms with E-state index < -0.39 is 15.8 Å². The van der Waals surface area contributed by atoms with Crippen LogP contribution >= 0.6 is 0 Å². The molecule has 1 fully saturated rings. The molecule has 152 valence electrons. The molecule has 6 nitrogen and oxygen atoms in total. The molecule has 3 rings (SSSR count). The number of nitrogens with zero attached hydrogens (tertiary/aromatic N) is 1. The van der Waals surface area contributed by atoms with E-state index in [1.807, 2.05) is 24.3 Å². The highest BCUT2D eigenvalue weighted by Gasteiger charge is 2.31. The number of quaternary nitrogens is 1. The maximum atomic E-state index is 13.9. The number of halogens is 1. The Morgan fingerprint density at radius 3 is 2.32 bits per heavy atom. The highest BCUT2D eigenvalue weighted by molar-refractivity contribution is 7.89. The highest BCUT2D eigenvalue weighted by atomic mass is 32.2. The third-order valence-corrected chi connectivity index (χ3v) is 6.82. The van der Waals surface area contributed by atoms with Gasteiger partial charge in [0.25, 0.3) is 0 Å². The summed E-state index contributed by atoms with van der Waals surface area (Å²) in [5, 5.41) is 0. The predicted molar refractivity (Wildman–Crippen MR) is 104 cm³/mol. The van der Waals surface area contributed by atoms with Gasteiger partial charge in [-0.05, 0) is 36.4 Å². The van der Waals surface area contributed by atoms with E-state index in [0.29, 0.717) is 32.8 Å². The fraction of sp³-hybridized carbons (Fsp3) is 0.400. The average Bonchev–Trinajstić information content (AvgIpc) is 2.72. The summed E-state index contributed by atoms with van der Waals surface area (Å²) < 4.78 is 51.3. The van der Waals surface area contributed by atoms with Gasteiger partial charge in [0, 0.05) is 6.42 Å². The van der Waals surface area contributed by atoms with Gasteiger partial charge in [0.2, 0.25) is 10.0 Å². The summed E-state index contributed by atoms with van der Waals surface area (Å²) in [6.45, 7) is 3.71. The van der Waals surface area contributed by atoms with Gasteiger partial charge in [-0.15, -0.1) is 0 Å². The van der Waals surface area contributed by atoms with Gasteiger partial charge in [-0.1, -0.05) is 12.1 Å². The topological polar surface area (TPSA) is 60.3 Å². The lowest BCUT2D eigenvalue weighted by atomic mass is 10.3. The van der Waals surface area contributed by atoms with Crippen molar-refractivity contribution in [1.29, 1.82) is 0 Å². The van der Waals surface area contributed by atoms with Gasteiger partial charge in [0.1, 0.15) is 22.2 Å². The van der Waals surface area contributed by atoms with E-state index in [2.05, 4.69) is 0 Å². The summed E-state index contributed by atoms with van der Waals surface area (Å²) in [6.07, 6.45) is 0.876. The maximum Gasteiger partial charge on any atom is 0.246 e. The second-order valence-corrected chi connectivity index (χ2v) is 8.62. The van der Waals surface area contributed by atoms with Crippen molar-refractivity contribution in [3.8, 4) is 11.5 Å². The average molecular weight is 410 g/mol. The number of sulfonamides is 1. The fourth-order valence-corrected chi connectivity index (χ4v) is 4.78. The first-order chi connectivity index (χ1) is 13.5. The predicted octanol–water partition coefficient (Wildman–Crippen LogP) is 1.19. The van der Waals surface area contributed by atoms with Crippen molar-refractivity contribution in [3.63, 3.8) is 0 Å². The normalized spacial score (nSPS) is 16.1. The van der Waals surface area contributed by atoms with Gasteiger partial charge >= 0.3 is 0 Å². The minimum atomic E-state index is -3.77. The number of hydrogen-bond acceptors (Lipinski definition) is 4. The molecule has 0 unspecified atom stereocenters. The first kappa shape index (κ1) is 20.6. The SMILES string of the molecule is COc1ccc(OCCC[NH+]2CCN(S(=O)(=O)c3ccccc3F)CC2)cc1. The second-order valence-electron chi connectivity index (χ2n) is 6.71. The zero-order chi connectivity index (χ0) is 20.0. The lowest BCUT2D eigenvalue weighted by Crippen LogP contribution is -3.14. The molecule has 2 aromatic rings. The van der Waals surface area contributed by atoms with Crippen molar-refractivity contribution in [3.05, 3.63) is 54.3 Å². The summed E-state index contributed by atoms with van der Waals surface area (Å²) in [5.41, 5.74) is 0. The van der Waals surface area contributed by atoms with Gasteiger partial charge in [-0.3, -0.25) is 0 Å². The van der Waals surface area contributed by atoms with E-state index in [1.165, 1.54) is 27.4 Å². The minimum absolute atomic E-state index is 0.244. The van der Waals surface area contributed by atoms with Crippen molar-refractivity contribution < 1.29 is 27.2 Å². The van der Waals surface area contributed by atoms with Crippen LogP contribution in [0.15, 0.2) is 53.4 Å². The second kappa shape index (κ2) is 9.36. The zero-order valence-corrected chi connectivity index (χ0v) is 16.8. The molecule has 1 saturated heterocycles. The van der Waals surface area contributed by atoms with Crippen molar-refractivity contribution in [2.75, 3.05) is 46.4 Å². The highest BCUT2D eigenvalue weighted by Crippen LogP contribution is 2.19. The van der Waals surface area contributed by atoms with Crippen LogP contribution in [0.4, 0.5) is 4.39 Å². The van der Waals surface area contributed by atoms with Crippen LogP contribution in [0.1, 0.15) is 6.42 Å². The lowest BCUT2D eigenvalue weighted by molar-refractivity contribution is -0.903. The van der Waals surface area contributed by atoms with E-state index >= 15 is 0 Å². The Hall–Kier alpha value is -2.16. The van der Waals surface area contributed by atoms with E-state index in [9.17, 15) is 12.8 Å². The summed E-state index contributed by atoms with van der Waals surface area (Å²) in [7, 11) is -2.15. The minimum Gasteiger partial charge on any atom is -0.497 e. The molecule has 8 heteroatoms. The molecule has 28 heavy (non-hydrogen) atoms. The molecule has 1 heterocycles. The Kier molecular flexibility index (Phi) is 6.88. The molecular formula is C20H26FN2O4S+. The number of rotatable bonds is 8. The first-order valence-electron chi connectivity index (χ1n) is 9.36. The van der Waals surface area contributed by atoms with Gasteiger partial charge in [-0.25, -0.2) is 12.8 Å². The van der Waals surface area contributed by atoms with Crippen LogP contribution in [0.5, 0.6) is 11.5 Å². The van der Waals surface area contributed by atoms with Crippen LogP contribution in [0, 0.1) is 5.82 Å². The molecule has 1 aliphatic rings. The number of methoxy groups -OCH3 is 1. The summed E-state index contributed by atoms with van der Waals surface area (Å²) >= 11 is 0. The Labute approximate surface area is 165 Å². The van der Waals surface area contributed by atoms with Crippen molar-refractivity contribution >= 4 is 10.0 Å². The fourth-order valence-electron chi connectivity index (χ4n) is 3.27. The van der Waals surface area contributed by atoms with Gasteiger partial charge in [-0.2, -0.15) is 4.31 Å². The molecule has 0 radical (unpaired) electrons. The van der Waals surface area contributed by atoms with Crippen molar-refractivity contribution in [2.45, 2.75) is 11.3 Å². The third-order valence-electron chi connectivity index (χ3n) is 4.89. The number of piperazine rings is 1. The first-order valence-corrected chi connectivity index (χ1v) is 10.8. The Balaban J connectivity index is 1.42. The molecule has 0 saturated carbocycles. The number of benzene rings is 2. The summed E-state index contributed by atoms with van der Waals surface area (Å²) in [6, 6.07) is 13.0. The van der Waals surface area contributed by atoms with E-state index in [1.54, 1.807) is 13.2 Å². The van der Waals surface area contributed by atoms with Gasteiger partial charge in [0.05, 0.1) is 46.4 Å². The van der Waals surface area contributed by atoms with Crippen LogP contribution in [0.25, 0.3) is 0 Å². The number of hydrogen-bond donors (Lipinski definition) is 1. The Morgan fingerprint density at radius 1 is 1.04 bits per heavy atom. The van der Waals surface area contributed by atoms with E-state index in [-0.39, 0.29) is 4.90 Å². The maximum absolute atomic E-state index is 13.9. The van der Waals surface area contributed by atoms with Crippen molar-refractivity contribution in [2.24, 2.45) is 0 Å². The Bertz CT molecular complexity index is 866. The zero-order valence-electron chi connectivity index (χ0n) is 15.9. The molecule has 0 atom stereocenters. The van der Waals surface area contributed by atoms with Crippen LogP contribution in [-0.2, 0) is 10.0 Å².